The van der Waals surface area contributed by atoms with Crippen LogP contribution in [0.15, 0.2) is 0 Å². The van der Waals surface area contributed by atoms with Crippen LogP contribution in [0, 0.1) is 0 Å². The van der Waals surface area contributed by atoms with Crippen LogP contribution in [-0.4, -0.2) is 35.7 Å². The van der Waals surface area contributed by atoms with E-state index in [2.05, 4.69) is 24.5 Å². The molecule has 1 aliphatic rings. The number of nitrogens with one attached hydrogen (secondary N) is 2. The summed E-state index contributed by atoms with van der Waals surface area (Å²) in [7, 11) is 0. The molecule has 1 aliphatic heterocycles. The Balaban J connectivity index is 2.68. The second kappa shape index (κ2) is 6.97. The molecule has 3 N–H and O–H groups in total. The second-order valence-corrected chi connectivity index (χ2v) is 5.06. The highest BCUT2D eigenvalue weighted by Crippen LogP contribution is 2.22. The van der Waals surface area contributed by atoms with Crippen molar-refractivity contribution in [2.45, 2.75) is 64.0 Å². The highest BCUT2D eigenvalue weighted by Gasteiger charge is 2.38. The molecule has 0 unspecified atom stereocenters. The number of piperidine rings is 1. The van der Waals surface area contributed by atoms with Crippen molar-refractivity contribution in [3.63, 3.8) is 0 Å². The first-order chi connectivity index (χ1) is 8.14. The lowest BCUT2D eigenvalue weighted by Crippen LogP contribution is -2.57. The van der Waals surface area contributed by atoms with E-state index in [-0.39, 0.29) is 0 Å². The van der Waals surface area contributed by atoms with Gasteiger partial charge in [0.15, 0.2) is 0 Å². The molecule has 0 aromatic rings. The molecule has 0 atom stereocenters. The third kappa shape index (κ3) is 3.96. The minimum absolute atomic E-state index is 0.352. The van der Waals surface area contributed by atoms with E-state index in [1.54, 1.807) is 0 Å². The highest BCUT2D eigenvalue weighted by atomic mass is 16.4. The van der Waals surface area contributed by atoms with E-state index in [0.29, 0.717) is 6.04 Å². The molecule has 0 aliphatic carbocycles. The number of hydrogen-bond acceptors (Lipinski definition) is 3. The maximum Gasteiger partial charge on any atom is 0.323 e. The number of carboxylic acid groups (broad SMARTS) is 1. The summed E-state index contributed by atoms with van der Waals surface area (Å²) < 4.78 is 0. The average Bonchev–Trinajstić information content (AvgIpc) is 2.30. The normalized spacial score (nSPS) is 18.2. The van der Waals surface area contributed by atoms with Gasteiger partial charge < -0.3 is 10.4 Å². The fourth-order valence-electron chi connectivity index (χ4n) is 2.76. The van der Waals surface area contributed by atoms with Gasteiger partial charge in [-0.05, 0) is 38.8 Å². The van der Waals surface area contributed by atoms with Crippen molar-refractivity contribution in [2.24, 2.45) is 0 Å². The van der Waals surface area contributed by atoms with E-state index >= 15 is 0 Å². The van der Waals surface area contributed by atoms with Gasteiger partial charge in [0.05, 0.1) is 0 Å². The summed E-state index contributed by atoms with van der Waals surface area (Å²) in [5, 5.41) is 16.3. The molecule has 0 amide bonds. The van der Waals surface area contributed by atoms with Crippen LogP contribution in [0.3, 0.4) is 0 Å². The minimum atomic E-state index is -0.703. The van der Waals surface area contributed by atoms with Gasteiger partial charge >= 0.3 is 5.97 Å². The lowest BCUT2D eigenvalue weighted by molar-refractivity contribution is -0.146. The fourth-order valence-corrected chi connectivity index (χ4v) is 2.76. The zero-order chi connectivity index (χ0) is 12.7. The van der Waals surface area contributed by atoms with Crippen molar-refractivity contribution >= 4 is 5.97 Å². The molecule has 4 nitrogen and oxygen atoms in total. The van der Waals surface area contributed by atoms with Gasteiger partial charge in [-0.3, -0.25) is 10.1 Å². The van der Waals surface area contributed by atoms with Crippen molar-refractivity contribution < 1.29 is 9.90 Å². The third-order valence-electron chi connectivity index (χ3n) is 3.58. The van der Waals surface area contributed by atoms with Gasteiger partial charge in [0.1, 0.15) is 5.54 Å². The molecule has 17 heavy (non-hydrogen) atoms. The van der Waals surface area contributed by atoms with Crippen LogP contribution >= 0.6 is 0 Å². The predicted octanol–water partition coefficient (Wildman–Crippen LogP) is 1.75. The summed E-state index contributed by atoms with van der Waals surface area (Å²) in [6, 6.07) is 0.352. The molecule has 0 aromatic carbocycles. The highest BCUT2D eigenvalue weighted by molar-refractivity contribution is 5.78. The van der Waals surface area contributed by atoms with Crippen molar-refractivity contribution in [1.82, 2.24) is 10.6 Å². The molecule has 0 aromatic heterocycles. The zero-order valence-electron chi connectivity index (χ0n) is 11.1. The van der Waals surface area contributed by atoms with Crippen molar-refractivity contribution in [3.05, 3.63) is 0 Å². The molecular weight excluding hydrogens is 216 g/mol. The van der Waals surface area contributed by atoms with Gasteiger partial charge in [-0.15, -0.1) is 0 Å². The lowest BCUT2D eigenvalue weighted by atomic mass is 9.86. The fraction of sp³-hybridized carbons (Fsp3) is 0.923. The maximum absolute atomic E-state index is 11.6. The smallest absolute Gasteiger partial charge is 0.323 e. The molecule has 100 valence electrons. The molecule has 0 radical (unpaired) electrons. The summed E-state index contributed by atoms with van der Waals surface area (Å²) in [4.78, 5) is 11.6. The molecule has 1 saturated heterocycles. The number of rotatable bonds is 7. The molecule has 1 fully saturated rings. The number of hydrogen-bond donors (Lipinski definition) is 3. The number of carbonyl (C=O) groups is 1. The molecular formula is C13H26N2O2. The van der Waals surface area contributed by atoms with E-state index in [1.165, 1.54) is 0 Å². The summed E-state index contributed by atoms with van der Waals surface area (Å²) in [5.41, 5.74) is -0.703. The van der Waals surface area contributed by atoms with Crippen molar-refractivity contribution in [2.75, 3.05) is 13.1 Å². The summed E-state index contributed by atoms with van der Waals surface area (Å²) in [6.07, 6.45) is 5.32. The topological polar surface area (TPSA) is 61.4 Å². The Hall–Kier alpha value is -0.610. The van der Waals surface area contributed by atoms with Crippen molar-refractivity contribution in [1.29, 1.82) is 0 Å². The SMILES string of the molecule is CCCC(CCC)(NC1CCNCC1)C(=O)O. The van der Waals surface area contributed by atoms with Crippen LogP contribution in [0.25, 0.3) is 0 Å². The summed E-state index contributed by atoms with van der Waals surface area (Å²) in [5.74, 6) is -0.681. The Bertz CT molecular complexity index is 232. The Morgan fingerprint density at radius 3 is 2.24 bits per heavy atom. The van der Waals surface area contributed by atoms with Crippen LogP contribution in [0.4, 0.5) is 0 Å². The first kappa shape index (κ1) is 14.5. The zero-order valence-corrected chi connectivity index (χ0v) is 11.1. The van der Waals surface area contributed by atoms with E-state index in [1.807, 2.05) is 0 Å². The van der Waals surface area contributed by atoms with E-state index < -0.39 is 11.5 Å². The monoisotopic (exact) mass is 242 g/mol. The van der Waals surface area contributed by atoms with Crippen LogP contribution in [-0.2, 0) is 4.79 Å². The Kier molecular flexibility index (Phi) is 5.92. The van der Waals surface area contributed by atoms with E-state index in [0.717, 1.165) is 51.6 Å². The van der Waals surface area contributed by atoms with Crippen LogP contribution in [0.1, 0.15) is 52.4 Å². The average molecular weight is 242 g/mol. The van der Waals surface area contributed by atoms with Crippen LogP contribution in [0.2, 0.25) is 0 Å². The Morgan fingerprint density at radius 2 is 1.82 bits per heavy atom. The lowest BCUT2D eigenvalue weighted by Gasteiger charge is -2.36. The van der Waals surface area contributed by atoms with Crippen molar-refractivity contribution in [3.8, 4) is 0 Å². The quantitative estimate of drug-likeness (QED) is 0.636. The predicted molar refractivity (Wildman–Crippen MR) is 69.2 cm³/mol. The van der Waals surface area contributed by atoms with Gasteiger partial charge in [-0.25, -0.2) is 0 Å². The van der Waals surface area contributed by atoms with Gasteiger partial charge in [0.2, 0.25) is 0 Å². The summed E-state index contributed by atoms with van der Waals surface area (Å²) >= 11 is 0. The standard InChI is InChI=1S/C13H26N2O2/c1-3-7-13(8-4-2,12(16)17)15-11-5-9-14-10-6-11/h11,14-15H,3-10H2,1-2H3,(H,16,17). The van der Waals surface area contributed by atoms with E-state index in [4.69, 9.17) is 0 Å². The third-order valence-corrected chi connectivity index (χ3v) is 3.58. The van der Waals surface area contributed by atoms with Gasteiger partial charge in [-0.1, -0.05) is 26.7 Å². The molecule has 4 heteroatoms. The maximum atomic E-state index is 11.6. The molecule has 0 bridgehead atoms. The Labute approximate surface area is 104 Å². The first-order valence-corrected chi connectivity index (χ1v) is 6.86. The first-order valence-electron chi connectivity index (χ1n) is 6.86. The number of carboxylic acids is 1. The minimum Gasteiger partial charge on any atom is -0.480 e. The van der Waals surface area contributed by atoms with Crippen LogP contribution < -0.4 is 10.6 Å². The second-order valence-electron chi connectivity index (χ2n) is 5.06. The summed E-state index contributed by atoms with van der Waals surface area (Å²) in [6.45, 7) is 6.09. The largest absolute Gasteiger partial charge is 0.480 e. The Morgan fingerprint density at radius 1 is 1.29 bits per heavy atom. The van der Waals surface area contributed by atoms with Gasteiger partial charge in [0, 0.05) is 6.04 Å². The van der Waals surface area contributed by atoms with Gasteiger partial charge in [0.25, 0.3) is 0 Å². The molecule has 1 heterocycles. The molecule has 0 saturated carbocycles. The van der Waals surface area contributed by atoms with E-state index in [9.17, 15) is 9.90 Å². The van der Waals surface area contributed by atoms with Gasteiger partial charge in [-0.2, -0.15) is 0 Å². The van der Waals surface area contributed by atoms with Crippen LogP contribution in [0.5, 0.6) is 0 Å². The number of aliphatic carboxylic acids is 1. The molecule has 1 rings (SSSR count). The molecule has 0 spiro atoms.